The second-order valence-electron chi connectivity index (χ2n) is 5.74. The van der Waals surface area contributed by atoms with Gasteiger partial charge in [-0.15, -0.1) is 0 Å². The van der Waals surface area contributed by atoms with Crippen LogP contribution in [0.5, 0.6) is 5.75 Å². The van der Waals surface area contributed by atoms with E-state index in [9.17, 15) is 18.0 Å². The number of benzene rings is 1. The summed E-state index contributed by atoms with van der Waals surface area (Å²) in [5.41, 5.74) is -0.0783. The second kappa shape index (κ2) is 7.40. The fraction of sp³-hybridized carbons (Fsp3) is 0.562. The Labute approximate surface area is 138 Å². The summed E-state index contributed by atoms with van der Waals surface area (Å²) in [6.45, 7) is 1.55. The third-order valence-corrected chi connectivity index (χ3v) is 4.14. The minimum atomic E-state index is -4.42. The number of anilines is 1. The Bertz CT molecular complexity index is 584. The zero-order valence-corrected chi connectivity index (χ0v) is 13.6. The highest BCUT2D eigenvalue weighted by molar-refractivity contribution is 5.98. The fourth-order valence-corrected chi connectivity index (χ4v) is 2.66. The van der Waals surface area contributed by atoms with Crippen LogP contribution >= 0.6 is 0 Å². The Morgan fingerprint density at radius 2 is 2.00 bits per heavy atom. The highest BCUT2D eigenvalue weighted by Gasteiger charge is 2.40. The molecule has 2 N–H and O–H groups in total. The van der Waals surface area contributed by atoms with Crippen LogP contribution in [-0.2, 0) is 9.53 Å². The maximum atomic E-state index is 12.6. The van der Waals surface area contributed by atoms with E-state index in [2.05, 4.69) is 10.6 Å². The Hall–Kier alpha value is -1.80. The summed E-state index contributed by atoms with van der Waals surface area (Å²) in [4.78, 5) is 12.6. The lowest BCUT2D eigenvalue weighted by molar-refractivity contribution is -0.153. The number of alkyl halides is 3. The van der Waals surface area contributed by atoms with Gasteiger partial charge in [-0.2, -0.15) is 13.2 Å². The van der Waals surface area contributed by atoms with E-state index in [4.69, 9.17) is 9.47 Å². The number of piperidine rings is 1. The van der Waals surface area contributed by atoms with Gasteiger partial charge in [0.2, 0.25) is 0 Å². The van der Waals surface area contributed by atoms with E-state index in [-0.39, 0.29) is 11.7 Å². The van der Waals surface area contributed by atoms with Gasteiger partial charge in [-0.05, 0) is 45.0 Å². The number of carbonyl (C=O) groups excluding carboxylic acids is 1. The van der Waals surface area contributed by atoms with Crippen molar-refractivity contribution in [3.8, 4) is 5.75 Å². The third-order valence-electron chi connectivity index (χ3n) is 4.14. The Kier molecular flexibility index (Phi) is 5.71. The van der Waals surface area contributed by atoms with Crippen molar-refractivity contribution in [2.45, 2.75) is 31.5 Å². The van der Waals surface area contributed by atoms with E-state index in [0.29, 0.717) is 37.2 Å². The molecule has 1 amide bonds. The van der Waals surface area contributed by atoms with Crippen LogP contribution in [0.4, 0.5) is 18.9 Å². The zero-order chi connectivity index (χ0) is 17.8. The van der Waals surface area contributed by atoms with Gasteiger partial charge in [0.05, 0.1) is 0 Å². The average molecular weight is 346 g/mol. The molecule has 5 nitrogen and oxygen atoms in total. The van der Waals surface area contributed by atoms with E-state index in [0.717, 1.165) is 0 Å². The average Bonchev–Trinajstić information content (AvgIpc) is 2.55. The van der Waals surface area contributed by atoms with Gasteiger partial charge < -0.3 is 20.1 Å². The van der Waals surface area contributed by atoms with Gasteiger partial charge in [0, 0.05) is 18.4 Å². The predicted octanol–water partition coefficient (Wildman–Crippen LogP) is 2.64. The smallest absolute Gasteiger partial charge is 0.422 e. The minimum absolute atomic E-state index is 0.0851. The lowest BCUT2D eigenvalue weighted by Gasteiger charge is -2.35. The quantitative estimate of drug-likeness (QED) is 0.861. The normalized spacial score (nSPS) is 17.4. The van der Waals surface area contributed by atoms with Crippen molar-refractivity contribution in [1.29, 1.82) is 0 Å². The van der Waals surface area contributed by atoms with Crippen LogP contribution in [0.25, 0.3) is 0 Å². The molecule has 134 valence electrons. The zero-order valence-electron chi connectivity index (χ0n) is 13.6. The van der Waals surface area contributed by atoms with Gasteiger partial charge in [0.25, 0.3) is 5.91 Å². The molecule has 0 aromatic heterocycles. The lowest BCUT2D eigenvalue weighted by atomic mass is 9.91. The van der Waals surface area contributed by atoms with Gasteiger partial charge >= 0.3 is 6.18 Å². The van der Waals surface area contributed by atoms with E-state index >= 15 is 0 Å². The van der Waals surface area contributed by atoms with Gasteiger partial charge in [0.15, 0.2) is 6.61 Å². The number of methoxy groups -OCH3 is 1. The van der Waals surface area contributed by atoms with Crippen molar-refractivity contribution in [3.05, 3.63) is 23.8 Å². The van der Waals surface area contributed by atoms with Crippen LogP contribution in [0.1, 0.15) is 18.4 Å². The van der Waals surface area contributed by atoms with Gasteiger partial charge in [0.1, 0.15) is 11.4 Å². The predicted molar refractivity (Wildman–Crippen MR) is 83.2 cm³/mol. The molecule has 0 spiro atoms. The molecule has 0 aliphatic carbocycles. The van der Waals surface area contributed by atoms with Crippen molar-refractivity contribution < 1.29 is 27.4 Å². The first-order chi connectivity index (χ1) is 11.3. The monoisotopic (exact) mass is 346 g/mol. The number of halogens is 3. The van der Waals surface area contributed by atoms with Crippen LogP contribution < -0.4 is 15.4 Å². The number of amides is 1. The van der Waals surface area contributed by atoms with Gasteiger partial charge in [-0.25, -0.2) is 0 Å². The molecule has 1 aliphatic heterocycles. The van der Waals surface area contributed by atoms with Crippen LogP contribution in [0, 0.1) is 6.92 Å². The van der Waals surface area contributed by atoms with Crippen molar-refractivity contribution in [1.82, 2.24) is 5.32 Å². The molecule has 0 atom stereocenters. The van der Waals surface area contributed by atoms with Gasteiger partial charge in [-0.3, -0.25) is 4.79 Å². The molecule has 2 rings (SSSR count). The summed E-state index contributed by atoms with van der Waals surface area (Å²) in [6.07, 6.45) is -3.36. The molecular weight excluding hydrogens is 325 g/mol. The first-order valence-electron chi connectivity index (χ1n) is 7.64. The summed E-state index contributed by atoms with van der Waals surface area (Å²) < 4.78 is 47.2. The summed E-state index contributed by atoms with van der Waals surface area (Å²) in [6, 6.07) is 4.60. The van der Waals surface area contributed by atoms with Crippen LogP contribution in [0.15, 0.2) is 18.2 Å². The highest BCUT2D eigenvalue weighted by Crippen LogP contribution is 2.30. The van der Waals surface area contributed by atoms with Crippen molar-refractivity contribution in [2.75, 3.05) is 32.1 Å². The molecule has 1 saturated heterocycles. The topological polar surface area (TPSA) is 59.6 Å². The molecule has 0 unspecified atom stereocenters. The van der Waals surface area contributed by atoms with E-state index in [1.807, 2.05) is 0 Å². The number of hydrogen-bond acceptors (Lipinski definition) is 4. The molecule has 24 heavy (non-hydrogen) atoms. The van der Waals surface area contributed by atoms with E-state index in [1.54, 1.807) is 13.0 Å². The first-order valence-corrected chi connectivity index (χ1v) is 7.64. The molecule has 1 aliphatic rings. The first kappa shape index (κ1) is 18.5. The molecule has 0 bridgehead atoms. The standard InChI is InChI=1S/C16H21F3N2O3/c1-11-12(4-3-5-13(11)24-10-16(17,18)19)21-14(22)15(23-2)6-8-20-9-7-15/h3-5,20H,6-10H2,1-2H3,(H,21,22). The van der Waals surface area contributed by atoms with Crippen molar-refractivity contribution in [3.63, 3.8) is 0 Å². The van der Waals surface area contributed by atoms with E-state index in [1.165, 1.54) is 19.2 Å². The van der Waals surface area contributed by atoms with E-state index < -0.39 is 18.4 Å². The van der Waals surface area contributed by atoms with Crippen LogP contribution in [-0.4, -0.2) is 44.5 Å². The maximum Gasteiger partial charge on any atom is 0.422 e. The SMILES string of the molecule is COC1(C(=O)Nc2cccc(OCC(F)(F)F)c2C)CCNCC1. The molecule has 1 heterocycles. The Morgan fingerprint density at radius 1 is 1.33 bits per heavy atom. The molecule has 8 heteroatoms. The molecule has 0 radical (unpaired) electrons. The molecule has 1 aromatic rings. The van der Waals surface area contributed by atoms with Crippen LogP contribution in [0.3, 0.4) is 0 Å². The van der Waals surface area contributed by atoms with Crippen LogP contribution in [0.2, 0.25) is 0 Å². The maximum absolute atomic E-state index is 12.6. The second-order valence-corrected chi connectivity index (χ2v) is 5.74. The largest absolute Gasteiger partial charge is 0.484 e. The highest BCUT2D eigenvalue weighted by atomic mass is 19.4. The Morgan fingerprint density at radius 3 is 2.58 bits per heavy atom. The Balaban J connectivity index is 2.13. The number of carbonyl (C=O) groups is 1. The molecular formula is C16H21F3N2O3. The summed E-state index contributed by atoms with van der Waals surface area (Å²) in [5.74, 6) is -0.218. The van der Waals surface area contributed by atoms with Gasteiger partial charge in [-0.1, -0.05) is 6.07 Å². The number of nitrogens with one attached hydrogen (secondary N) is 2. The minimum Gasteiger partial charge on any atom is -0.484 e. The molecule has 1 fully saturated rings. The molecule has 0 saturated carbocycles. The summed E-state index contributed by atoms with van der Waals surface area (Å²) in [5, 5.41) is 5.91. The van der Waals surface area contributed by atoms with Crippen molar-refractivity contribution >= 4 is 11.6 Å². The van der Waals surface area contributed by atoms with Crippen molar-refractivity contribution in [2.24, 2.45) is 0 Å². The lowest BCUT2D eigenvalue weighted by Crippen LogP contribution is -2.51. The molecule has 1 aromatic carbocycles. The fourth-order valence-electron chi connectivity index (χ4n) is 2.66. The summed E-state index contributed by atoms with van der Waals surface area (Å²) in [7, 11) is 1.49. The number of ether oxygens (including phenoxy) is 2. The summed E-state index contributed by atoms with van der Waals surface area (Å²) >= 11 is 0. The number of rotatable bonds is 5. The number of hydrogen-bond donors (Lipinski definition) is 2. The third kappa shape index (κ3) is 4.39.